The number of Topliss-reactive ketones (excluding diaryl/α,β-unsaturated/α-hetero) is 1. The molecule has 0 bridgehead atoms. The van der Waals surface area contributed by atoms with Crippen molar-refractivity contribution in [1.29, 1.82) is 0 Å². The summed E-state index contributed by atoms with van der Waals surface area (Å²) in [5.41, 5.74) is 1.16. The predicted octanol–water partition coefficient (Wildman–Crippen LogP) is 4.52. The Balaban J connectivity index is 1.94. The highest BCUT2D eigenvalue weighted by atomic mass is 35.5. The summed E-state index contributed by atoms with van der Waals surface area (Å²) in [5.74, 6) is -1.00. The first kappa shape index (κ1) is 16.9. The van der Waals surface area contributed by atoms with Gasteiger partial charge in [-0.25, -0.2) is 9.78 Å². The SMILES string of the molecule is O=C(O[C@H](C(=O)c1ccccc1)c1ccccc1)c1cccnc1Cl. The molecule has 0 amide bonds. The Morgan fingerprint density at radius 2 is 1.52 bits per heavy atom. The number of hydrogen-bond donors (Lipinski definition) is 0. The number of pyridine rings is 1. The molecule has 0 spiro atoms. The summed E-state index contributed by atoms with van der Waals surface area (Å²) in [4.78, 5) is 29.2. The second-order valence-corrected chi connectivity index (χ2v) is 5.63. The molecule has 0 fully saturated rings. The van der Waals surface area contributed by atoms with Crippen molar-refractivity contribution in [3.8, 4) is 0 Å². The quantitative estimate of drug-likeness (QED) is 0.385. The van der Waals surface area contributed by atoms with Crippen LogP contribution in [0.3, 0.4) is 0 Å². The number of carbonyl (C=O) groups is 2. The largest absolute Gasteiger partial charge is 0.445 e. The van der Waals surface area contributed by atoms with Crippen molar-refractivity contribution in [3.05, 3.63) is 101 Å². The highest BCUT2D eigenvalue weighted by molar-refractivity contribution is 6.32. The number of ether oxygens (including phenoxy) is 1. The van der Waals surface area contributed by atoms with Gasteiger partial charge in [-0.05, 0) is 12.1 Å². The van der Waals surface area contributed by atoms with E-state index in [1.54, 1.807) is 54.6 Å². The molecule has 0 saturated heterocycles. The van der Waals surface area contributed by atoms with Crippen molar-refractivity contribution < 1.29 is 14.3 Å². The first-order valence-electron chi connectivity index (χ1n) is 7.62. The zero-order chi connectivity index (χ0) is 17.6. The molecule has 4 nitrogen and oxygen atoms in total. The molecule has 0 aliphatic carbocycles. The van der Waals surface area contributed by atoms with Gasteiger partial charge in [0.05, 0.1) is 5.56 Å². The van der Waals surface area contributed by atoms with E-state index in [9.17, 15) is 9.59 Å². The third-order valence-electron chi connectivity index (χ3n) is 3.60. The second kappa shape index (κ2) is 7.73. The summed E-state index contributed by atoms with van der Waals surface area (Å²) in [6, 6.07) is 20.7. The van der Waals surface area contributed by atoms with Crippen LogP contribution in [0.2, 0.25) is 5.15 Å². The van der Waals surface area contributed by atoms with Crippen LogP contribution in [0.15, 0.2) is 79.0 Å². The Hall–Kier alpha value is -2.98. The van der Waals surface area contributed by atoms with Crippen molar-refractivity contribution in [2.45, 2.75) is 6.10 Å². The molecule has 1 heterocycles. The van der Waals surface area contributed by atoms with E-state index in [1.807, 2.05) is 12.1 Å². The minimum absolute atomic E-state index is 0.0338. The number of esters is 1. The third-order valence-corrected chi connectivity index (χ3v) is 3.90. The monoisotopic (exact) mass is 351 g/mol. The van der Waals surface area contributed by atoms with Crippen molar-refractivity contribution in [3.63, 3.8) is 0 Å². The zero-order valence-corrected chi connectivity index (χ0v) is 13.9. The lowest BCUT2D eigenvalue weighted by atomic mass is 10.00. The fraction of sp³-hybridized carbons (Fsp3) is 0.0500. The maximum absolute atomic E-state index is 12.9. The molecule has 124 valence electrons. The summed E-state index contributed by atoms with van der Waals surface area (Å²) in [5, 5.41) is 0.0338. The van der Waals surface area contributed by atoms with Crippen LogP contribution in [-0.4, -0.2) is 16.7 Å². The highest BCUT2D eigenvalue weighted by Crippen LogP contribution is 2.25. The van der Waals surface area contributed by atoms with Crippen molar-refractivity contribution in [2.75, 3.05) is 0 Å². The zero-order valence-electron chi connectivity index (χ0n) is 13.1. The van der Waals surface area contributed by atoms with Crippen LogP contribution >= 0.6 is 11.6 Å². The summed E-state index contributed by atoms with van der Waals surface area (Å²) < 4.78 is 5.51. The van der Waals surface area contributed by atoms with E-state index >= 15 is 0 Å². The Bertz CT molecular complexity index is 882. The van der Waals surface area contributed by atoms with E-state index in [1.165, 1.54) is 12.3 Å². The van der Waals surface area contributed by atoms with Gasteiger partial charge in [-0.15, -0.1) is 0 Å². The third kappa shape index (κ3) is 3.92. The average molecular weight is 352 g/mol. The van der Waals surface area contributed by atoms with Gasteiger partial charge in [0.15, 0.2) is 6.10 Å². The van der Waals surface area contributed by atoms with Gasteiger partial charge in [-0.2, -0.15) is 0 Å². The van der Waals surface area contributed by atoms with Gasteiger partial charge in [-0.1, -0.05) is 72.3 Å². The molecule has 3 aromatic rings. The number of halogens is 1. The van der Waals surface area contributed by atoms with Gasteiger partial charge in [0.25, 0.3) is 0 Å². The van der Waals surface area contributed by atoms with Gasteiger partial charge in [0, 0.05) is 17.3 Å². The van der Waals surface area contributed by atoms with E-state index in [0.29, 0.717) is 11.1 Å². The van der Waals surface area contributed by atoms with Crippen molar-refractivity contribution in [2.24, 2.45) is 0 Å². The van der Waals surface area contributed by atoms with Crippen LogP contribution in [0.1, 0.15) is 32.4 Å². The lowest BCUT2D eigenvalue weighted by molar-refractivity contribution is 0.0280. The predicted molar refractivity (Wildman–Crippen MR) is 94.6 cm³/mol. The fourth-order valence-electron chi connectivity index (χ4n) is 2.36. The minimum Gasteiger partial charge on any atom is -0.445 e. The number of benzene rings is 2. The molecule has 0 N–H and O–H groups in total. The van der Waals surface area contributed by atoms with Crippen LogP contribution < -0.4 is 0 Å². The summed E-state index contributed by atoms with van der Waals surface area (Å²) in [6.45, 7) is 0. The van der Waals surface area contributed by atoms with E-state index in [-0.39, 0.29) is 16.5 Å². The van der Waals surface area contributed by atoms with E-state index in [4.69, 9.17) is 16.3 Å². The number of carbonyl (C=O) groups excluding carboxylic acids is 2. The Kier molecular flexibility index (Phi) is 5.21. The average Bonchev–Trinajstić information content (AvgIpc) is 2.67. The topological polar surface area (TPSA) is 56.3 Å². The Morgan fingerprint density at radius 3 is 2.16 bits per heavy atom. The van der Waals surface area contributed by atoms with E-state index in [2.05, 4.69) is 4.98 Å². The first-order valence-corrected chi connectivity index (χ1v) is 8.00. The maximum atomic E-state index is 12.9. The highest BCUT2D eigenvalue weighted by Gasteiger charge is 2.27. The molecule has 0 saturated carbocycles. The second-order valence-electron chi connectivity index (χ2n) is 5.27. The fourth-order valence-corrected chi connectivity index (χ4v) is 2.56. The van der Waals surface area contributed by atoms with Gasteiger partial charge in [-0.3, -0.25) is 4.79 Å². The van der Waals surface area contributed by atoms with Gasteiger partial charge in [0.2, 0.25) is 5.78 Å². The number of nitrogens with zero attached hydrogens (tertiary/aromatic N) is 1. The van der Waals surface area contributed by atoms with Crippen LogP contribution in [0, 0.1) is 0 Å². The maximum Gasteiger partial charge on any atom is 0.342 e. The standard InChI is InChI=1S/C20H14ClNO3/c21-19-16(12-7-13-22-19)20(24)25-18(15-10-5-2-6-11-15)17(23)14-8-3-1-4-9-14/h1-13,18H/t18-/m0/s1. The van der Waals surface area contributed by atoms with Crippen molar-refractivity contribution >= 4 is 23.4 Å². The van der Waals surface area contributed by atoms with Gasteiger partial charge >= 0.3 is 5.97 Å². The molecular weight excluding hydrogens is 338 g/mol. The Labute approximate surface area is 150 Å². The molecule has 3 rings (SSSR count). The van der Waals surface area contributed by atoms with Crippen LogP contribution in [0.5, 0.6) is 0 Å². The Morgan fingerprint density at radius 1 is 0.880 bits per heavy atom. The molecule has 0 aliphatic heterocycles. The molecule has 1 atom stereocenters. The number of rotatable bonds is 5. The van der Waals surface area contributed by atoms with E-state index in [0.717, 1.165) is 0 Å². The molecule has 0 aliphatic rings. The van der Waals surface area contributed by atoms with Gasteiger partial charge < -0.3 is 4.74 Å². The number of aromatic nitrogens is 1. The summed E-state index contributed by atoms with van der Waals surface area (Å²) in [7, 11) is 0. The van der Waals surface area contributed by atoms with Crippen LogP contribution in [0.25, 0.3) is 0 Å². The van der Waals surface area contributed by atoms with E-state index < -0.39 is 12.1 Å². The number of ketones is 1. The van der Waals surface area contributed by atoms with Crippen LogP contribution in [-0.2, 0) is 4.74 Å². The summed E-state index contributed by atoms with van der Waals surface area (Å²) in [6.07, 6.45) is 0.412. The minimum atomic E-state index is -1.06. The molecule has 1 aromatic heterocycles. The molecular formula is C20H14ClNO3. The lowest BCUT2D eigenvalue weighted by Crippen LogP contribution is -2.20. The first-order chi connectivity index (χ1) is 12.2. The van der Waals surface area contributed by atoms with Gasteiger partial charge in [0.1, 0.15) is 5.15 Å². The molecule has 5 heteroatoms. The summed E-state index contributed by atoms with van der Waals surface area (Å²) >= 11 is 5.95. The smallest absolute Gasteiger partial charge is 0.342 e. The normalized spacial score (nSPS) is 11.6. The molecule has 2 aromatic carbocycles. The molecule has 0 radical (unpaired) electrons. The number of hydrogen-bond acceptors (Lipinski definition) is 4. The molecule has 0 unspecified atom stereocenters. The molecule has 25 heavy (non-hydrogen) atoms. The van der Waals surface area contributed by atoms with Crippen LogP contribution in [0.4, 0.5) is 0 Å². The van der Waals surface area contributed by atoms with Crippen molar-refractivity contribution in [1.82, 2.24) is 4.98 Å². The lowest BCUT2D eigenvalue weighted by Gasteiger charge is -2.17.